The monoisotopic (exact) mass is 513 g/mol. The highest BCUT2D eigenvalue weighted by atomic mass is 16.5. The molecule has 0 spiro atoms. The minimum absolute atomic E-state index is 0.0319. The van der Waals surface area contributed by atoms with Gasteiger partial charge < -0.3 is 14.4 Å². The molecule has 0 aliphatic carbocycles. The van der Waals surface area contributed by atoms with E-state index in [1.54, 1.807) is 26.2 Å². The third kappa shape index (κ3) is 5.28. The fourth-order valence-electron chi connectivity index (χ4n) is 4.90. The molecule has 0 saturated heterocycles. The average Bonchev–Trinajstić information content (AvgIpc) is 3.23. The van der Waals surface area contributed by atoms with E-state index in [0.717, 1.165) is 39.2 Å². The number of benzene rings is 3. The number of aryl methyl sites for hydroxylation is 3. The van der Waals surface area contributed by atoms with Crippen molar-refractivity contribution in [1.82, 2.24) is 14.5 Å². The minimum atomic E-state index is -0.390. The number of fused-ring (bicyclic) bond motifs is 1. The number of carbonyl (C=O) groups excluding carboxylic acids is 2. The topological polar surface area (TPSA) is 73.7 Å². The van der Waals surface area contributed by atoms with E-state index in [1.165, 1.54) is 0 Å². The summed E-state index contributed by atoms with van der Waals surface area (Å²) in [6.45, 7) is 12.4. The van der Waals surface area contributed by atoms with Crippen LogP contribution in [0.4, 0.5) is 0 Å². The van der Waals surface area contributed by atoms with Crippen LogP contribution in [-0.4, -0.2) is 46.1 Å². The zero-order chi connectivity index (χ0) is 27.6. The minimum Gasteiger partial charge on any atom is -0.497 e. The Bertz CT molecular complexity index is 1460. The van der Waals surface area contributed by atoms with Crippen molar-refractivity contribution in [3.63, 3.8) is 0 Å². The van der Waals surface area contributed by atoms with Gasteiger partial charge in [-0.1, -0.05) is 17.7 Å². The summed E-state index contributed by atoms with van der Waals surface area (Å²) in [5, 5.41) is 0. The Labute approximate surface area is 224 Å². The summed E-state index contributed by atoms with van der Waals surface area (Å²) >= 11 is 0. The van der Waals surface area contributed by atoms with Gasteiger partial charge in [0.1, 0.15) is 11.6 Å². The van der Waals surface area contributed by atoms with E-state index in [2.05, 4.69) is 0 Å². The molecule has 0 N–H and O–H groups in total. The number of aromatic nitrogens is 2. The first-order valence-electron chi connectivity index (χ1n) is 12.9. The van der Waals surface area contributed by atoms with Gasteiger partial charge >= 0.3 is 5.97 Å². The predicted molar refractivity (Wildman–Crippen MR) is 149 cm³/mol. The molecule has 0 bridgehead atoms. The molecule has 0 aliphatic rings. The predicted octanol–water partition coefficient (Wildman–Crippen LogP) is 6.19. The van der Waals surface area contributed by atoms with Crippen molar-refractivity contribution < 1.29 is 19.1 Å². The highest BCUT2D eigenvalue weighted by Crippen LogP contribution is 2.27. The lowest BCUT2D eigenvalue weighted by Gasteiger charge is -2.28. The summed E-state index contributed by atoms with van der Waals surface area (Å²) in [6.07, 6.45) is 0. The highest BCUT2D eigenvalue weighted by Gasteiger charge is 2.25. The number of nitrogens with zero attached hydrogens (tertiary/aromatic N) is 3. The Kier molecular flexibility index (Phi) is 7.86. The van der Waals surface area contributed by atoms with Crippen LogP contribution in [-0.2, 0) is 11.3 Å². The van der Waals surface area contributed by atoms with Gasteiger partial charge in [-0.25, -0.2) is 9.78 Å². The summed E-state index contributed by atoms with van der Waals surface area (Å²) in [4.78, 5) is 33.1. The molecule has 0 unspecified atom stereocenters. The van der Waals surface area contributed by atoms with Gasteiger partial charge in [-0.2, -0.15) is 0 Å². The van der Waals surface area contributed by atoms with Crippen LogP contribution in [0.25, 0.3) is 16.7 Å². The first kappa shape index (κ1) is 26.9. The summed E-state index contributed by atoms with van der Waals surface area (Å²) in [6, 6.07) is 17.1. The second-order valence-electron chi connectivity index (χ2n) is 9.79. The van der Waals surface area contributed by atoms with Gasteiger partial charge in [0.2, 0.25) is 0 Å². The van der Waals surface area contributed by atoms with Crippen LogP contribution in [0.2, 0.25) is 0 Å². The third-order valence-electron chi connectivity index (χ3n) is 6.65. The van der Waals surface area contributed by atoms with Crippen molar-refractivity contribution in [3.8, 4) is 11.4 Å². The lowest BCUT2D eigenvalue weighted by molar-refractivity contribution is 0.0526. The second-order valence-corrected chi connectivity index (χ2v) is 9.79. The Morgan fingerprint density at radius 1 is 0.974 bits per heavy atom. The maximum absolute atomic E-state index is 13.9. The zero-order valence-corrected chi connectivity index (χ0v) is 23.2. The number of ether oxygens (including phenoxy) is 2. The number of rotatable bonds is 8. The summed E-state index contributed by atoms with van der Waals surface area (Å²) in [5.41, 5.74) is 6.57. The molecule has 4 aromatic rings. The van der Waals surface area contributed by atoms with Crippen LogP contribution >= 0.6 is 0 Å². The molecule has 7 nitrogen and oxygen atoms in total. The van der Waals surface area contributed by atoms with E-state index in [9.17, 15) is 9.59 Å². The van der Waals surface area contributed by atoms with Gasteiger partial charge in [-0.15, -0.1) is 0 Å². The van der Waals surface area contributed by atoms with Crippen molar-refractivity contribution in [3.05, 3.63) is 88.2 Å². The standard InChI is InChI=1S/C31H35N3O4/c1-8-38-31(36)23-9-14-27-26(17-23)32-28(34(27)24-10-12-25(37-7)13-11-24)18-33(19(2)3)30(35)29-21(5)15-20(4)16-22(29)6/h9-17,19H,8,18H2,1-7H3. The Morgan fingerprint density at radius 3 is 2.21 bits per heavy atom. The number of hydrogen-bond donors (Lipinski definition) is 0. The molecule has 1 aromatic heterocycles. The molecule has 4 rings (SSSR count). The molecule has 7 heteroatoms. The summed E-state index contributed by atoms with van der Waals surface area (Å²) in [7, 11) is 1.63. The van der Waals surface area contributed by atoms with Gasteiger partial charge in [0, 0.05) is 17.3 Å². The van der Waals surface area contributed by atoms with Crippen LogP contribution in [0.3, 0.4) is 0 Å². The van der Waals surface area contributed by atoms with Crippen molar-refractivity contribution in [2.24, 2.45) is 0 Å². The Hall–Kier alpha value is -4.13. The number of methoxy groups -OCH3 is 1. The molecule has 0 atom stereocenters. The third-order valence-corrected chi connectivity index (χ3v) is 6.65. The van der Waals surface area contributed by atoms with Crippen LogP contribution in [0.15, 0.2) is 54.6 Å². The maximum Gasteiger partial charge on any atom is 0.338 e. The lowest BCUT2D eigenvalue weighted by Crippen LogP contribution is -2.38. The van der Waals surface area contributed by atoms with Gasteiger partial charge in [0.25, 0.3) is 5.91 Å². The molecule has 0 radical (unpaired) electrons. The Balaban J connectivity index is 1.84. The molecule has 198 valence electrons. The molecule has 1 heterocycles. The molecular weight excluding hydrogens is 478 g/mol. The smallest absolute Gasteiger partial charge is 0.338 e. The Morgan fingerprint density at radius 2 is 1.63 bits per heavy atom. The van der Waals surface area contributed by atoms with E-state index < -0.39 is 0 Å². The van der Waals surface area contributed by atoms with Gasteiger partial charge in [-0.3, -0.25) is 9.36 Å². The van der Waals surface area contributed by atoms with E-state index in [1.807, 2.05) is 86.6 Å². The van der Waals surface area contributed by atoms with Crippen molar-refractivity contribution >= 4 is 22.9 Å². The van der Waals surface area contributed by atoms with E-state index in [-0.39, 0.29) is 17.9 Å². The quantitative estimate of drug-likeness (QED) is 0.263. The van der Waals surface area contributed by atoms with Crippen LogP contribution in [0, 0.1) is 20.8 Å². The molecule has 38 heavy (non-hydrogen) atoms. The number of hydrogen-bond acceptors (Lipinski definition) is 5. The van der Waals surface area contributed by atoms with Crippen LogP contribution < -0.4 is 4.74 Å². The van der Waals surface area contributed by atoms with Gasteiger partial charge in [-0.05, 0) is 95.1 Å². The molecule has 0 fully saturated rings. The van der Waals surface area contributed by atoms with Gasteiger partial charge in [0.15, 0.2) is 0 Å². The normalized spacial score (nSPS) is 11.2. The largest absolute Gasteiger partial charge is 0.497 e. The highest BCUT2D eigenvalue weighted by molar-refractivity contribution is 5.97. The summed E-state index contributed by atoms with van der Waals surface area (Å²) in [5.74, 6) is 1.01. The van der Waals surface area contributed by atoms with E-state index in [0.29, 0.717) is 30.1 Å². The van der Waals surface area contributed by atoms with Crippen molar-refractivity contribution in [1.29, 1.82) is 0 Å². The fraction of sp³-hybridized carbons (Fsp3) is 0.323. The first-order chi connectivity index (χ1) is 18.1. The molecule has 3 aromatic carbocycles. The van der Waals surface area contributed by atoms with E-state index >= 15 is 0 Å². The van der Waals surface area contributed by atoms with Crippen LogP contribution in [0.1, 0.15) is 64.0 Å². The number of amides is 1. The molecule has 0 saturated carbocycles. The van der Waals surface area contributed by atoms with E-state index in [4.69, 9.17) is 14.5 Å². The number of imidazole rings is 1. The number of carbonyl (C=O) groups is 2. The molecule has 0 aliphatic heterocycles. The van der Waals surface area contributed by atoms with Crippen LogP contribution in [0.5, 0.6) is 5.75 Å². The lowest BCUT2D eigenvalue weighted by atomic mass is 9.98. The number of esters is 1. The fourth-order valence-corrected chi connectivity index (χ4v) is 4.90. The molecule has 1 amide bonds. The average molecular weight is 514 g/mol. The first-order valence-corrected chi connectivity index (χ1v) is 12.9. The zero-order valence-electron chi connectivity index (χ0n) is 23.2. The van der Waals surface area contributed by atoms with Crippen molar-refractivity contribution in [2.45, 2.75) is 54.1 Å². The summed E-state index contributed by atoms with van der Waals surface area (Å²) < 4.78 is 12.6. The van der Waals surface area contributed by atoms with Gasteiger partial charge in [0.05, 0.1) is 36.9 Å². The van der Waals surface area contributed by atoms with Crippen molar-refractivity contribution in [2.75, 3.05) is 13.7 Å². The molecular formula is C31H35N3O4. The SMILES string of the molecule is CCOC(=O)c1ccc2c(c1)nc(CN(C(=O)c1c(C)cc(C)cc1C)C(C)C)n2-c1ccc(OC)cc1. The maximum atomic E-state index is 13.9. The second kappa shape index (κ2) is 11.1.